The van der Waals surface area contributed by atoms with Crippen molar-refractivity contribution in [2.24, 2.45) is 5.92 Å². The van der Waals surface area contributed by atoms with Crippen molar-refractivity contribution in [1.29, 1.82) is 0 Å². The van der Waals surface area contributed by atoms with Crippen LogP contribution >= 0.6 is 0 Å². The minimum atomic E-state index is -0.939. The SMILES string of the molecule is CC(C)CCNC(=O)c1cncc(Nc2ccc(F)c(F)c2)c1. The fraction of sp³-hybridized carbons (Fsp3) is 0.294. The van der Waals surface area contributed by atoms with Gasteiger partial charge in [0.25, 0.3) is 5.91 Å². The fourth-order valence-corrected chi connectivity index (χ4v) is 1.95. The Bertz CT molecular complexity index is 689. The van der Waals surface area contributed by atoms with E-state index < -0.39 is 11.6 Å². The fourth-order valence-electron chi connectivity index (χ4n) is 1.95. The molecule has 122 valence electrons. The van der Waals surface area contributed by atoms with Gasteiger partial charge in [-0.15, -0.1) is 0 Å². The Morgan fingerprint density at radius 3 is 2.61 bits per heavy atom. The average molecular weight is 319 g/mol. The summed E-state index contributed by atoms with van der Waals surface area (Å²) in [7, 11) is 0. The minimum Gasteiger partial charge on any atom is -0.354 e. The van der Waals surface area contributed by atoms with E-state index in [0.29, 0.717) is 29.4 Å². The summed E-state index contributed by atoms with van der Waals surface area (Å²) in [5, 5.41) is 5.71. The third-order valence-electron chi connectivity index (χ3n) is 3.22. The van der Waals surface area contributed by atoms with Gasteiger partial charge >= 0.3 is 0 Å². The van der Waals surface area contributed by atoms with Crippen molar-refractivity contribution in [3.63, 3.8) is 0 Å². The zero-order chi connectivity index (χ0) is 16.8. The largest absolute Gasteiger partial charge is 0.354 e. The van der Waals surface area contributed by atoms with Crippen molar-refractivity contribution < 1.29 is 13.6 Å². The van der Waals surface area contributed by atoms with Crippen LogP contribution in [0.1, 0.15) is 30.6 Å². The summed E-state index contributed by atoms with van der Waals surface area (Å²) in [6.45, 7) is 4.76. The summed E-state index contributed by atoms with van der Waals surface area (Å²) in [6, 6.07) is 5.10. The molecule has 2 rings (SSSR count). The van der Waals surface area contributed by atoms with Gasteiger partial charge in [-0.3, -0.25) is 9.78 Å². The Kier molecular flexibility index (Phi) is 5.62. The first-order valence-electron chi connectivity index (χ1n) is 7.41. The van der Waals surface area contributed by atoms with Crippen LogP contribution in [-0.2, 0) is 0 Å². The van der Waals surface area contributed by atoms with Crippen molar-refractivity contribution in [1.82, 2.24) is 10.3 Å². The number of carbonyl (C=O) groups excluding carboxylic acids is 1. The summed E-state index contributed by atoms with van der Waals surface area (Å²) in [5.74, 6) is -1.56. The molecule has 0 atom stereocenters. The number of anilines is 2. The molecule has 2 N–H and O–H groups in total. The molecule has 0 unspecified atom stereocenters. The number of halogens is 2. The number of carbonyl (C=O) groups is 1. The number of pyridine rings is 1. The van der Waals surface area contributed by atoms with Gasteiger partial charge in [0.2, 0.25) is 0 Å². The molecule has 1 heterocycles. The van der Waals surface area contributed by atoms with Gasteiger partial charge in [0.15, 0.2) is 11.6 Å². The molecule has 0 fully saturated rings. The normalized spacial score (nSPS) is 10.7. The Balaban J connectivity index is 2.04. The van der Waals surface area contributed by atoms with Crippen LogP contribution in [0.3, 0.4) is 0 Å². The van der Waals surface area contributed by atoms with Crippen LogP contribution in [0.25, 0.3) is 0 Å². The molecule has 1 aromatic carbocycles. The quantitative estimate of drug-likeness (QED) is 0.849. The molecular weight excluding hydrogens is 300 g/mol. The molecule has 0 saturated carbocycles. The van der Waals surface area contributed by atoms with Gasteiger partial charge in [0.05, 0.1) is 17.4 Å². The lowest BCUT2D eigenvalue weighted by atomic mass is 10.1. The third-order valence-corrected chi connectivity index (χ3v) is 3.22. The van der Waals surface area contributed by atoms with Crippen molar-refractivity contribution in [2.75, 3.05) is 11.9 Å². The zero-order valence-electron chi connectivity index (χ0n) is 13.1. The number of nitrogens with one attached hydrogen (secondary N) is 2. The molecule has 1 aromatic heterocycles. The topological polar surface area (TPSA) is 54.0 Å². The van der Waals surface area contributed by atoms with E-state index in [2.05, 4.69) is 29.5 Å². The highest BCUT2D eigenvalue weighted by Crippen LogP contribution is 2.19. The molecule has 0 radical (unpaired) electrons. The molecule has 23 heavy (non-hydrogen) atoms. The second-order valence-electron chi connectivity index (χ2n) is 5.65. The molecule has 1 amide bonds. The molecule has 0 aliphatic carbocycles. The van der Waals surface area contributed by atoms with E-state index in [1.807, 2.05) is 0 Å². The Morgan fingerprint density at radius 2 is 1.91 bits per heavy atom. The summed E-state index contributed by atoms with van der Waals surface area (Å²) in [5.41, 5.74) is 1.30. The van der Waals surface area contributed by atoms with Crippen LogP contribution in [0.15, 0.2) is 36.7 Å². The predicted octanol–water partition coefficient (Wildman–Crippen LogP) is 3.88. The van der Waals surface area contributed by atoms with Gasteiger partial charge in [-0.05, 0) is 30.5 Å². The second kappa shape index (κ2) is 7.67. The molecule has 0 bridgehead atoms. The molecule has 6 heteroatoms. The van der Waals surface area contributed by atoms with Crippen LogP contribution in [0, 0.1) is 17.6 Å². The van der Waals surface area contributed by atoms with Gasteiger partial charge in [-0.1, -0.05) is 13.8 Å². The zero-order valence-corrected chi connectivity index (χ0v) is 13.1. The highest BCUT2D eigenvalue weighted by atomic mass is 19.2. The highest BCUT2D eigenvalue weighted by molar-refractivity contribution is 5.94. The Hall–Kier alpha value is -2.50. The average Bonchev–Trinajstić information content (AvgIpc) is 2.51. The van der Waals surface area contributed by atoms with Crippen molar-refractivity contribution in [3.05, 3.63) is 53.9 Å². The van der Waals surface area contributed by atoms with E-state index in [1.54, 1.807) is 6.07 Å². The summed E-state index contributed by atoms with van der Waals surface area (Å²) in [6.07, 6.45) is 3.86. The van der Waals surface area contributed by atoms with Crippen molar-refractivity contribution >= 4 is 17.3 Å². The lowest BCUT2D eigenvalue weighted by molar-refractivity contribution is 0.0951. The number of hydrogen-bond acceptors (Lipinski definition) is 3. The van der Waals surface area contributed by atoms with E-state index >= 15 is 0 Å². The Morgan fingerprint density at radius 1 is 1.13 bits per heavy atom. The monoisotopic (exact) mass is 319 g/mol. The number of aromatic nitrogens is 1. The number of hydrogen-bond donors (Lipinski definition) is 2. The summed E-state index contributed by atoms with van der Waals surface area (Å²) >= 11 is 0. The lowest BCUT2D eigenvalue weighted by Gasteiger charge is -2.09. The lowest BCUT2D eigenvalue weighted by Crippen LogP contribution is -2.25. The van der Waals surface area contributed by atoms with E-state index in [9.17, 15) is 13.6 Å². The molecule has 0 spiro atoms. The van der Waals surface area contributed by atoms with Crippen LogP contribution in [0.4, 0.5) is 20.2 Å². The van der Waals surface area contributed by atoms with E-state index in [-0.39, 0.29) is 5.91 Å². The first-order valence-corrected chi connectivity index (χ1v) is 7.41. The highest BCUT2D eigenvalue weighted by Gasteiger charge is 2.08. The molecule has 0 aliphatic heterocycles. The summed E-state index contributed by atoms with van der Waals surface area (Å²) < 4.78 is 26.1. The van der Waals surface area contributed by atoms with Crippen LogP contribution in [-0.4, -0.2) is 17.4 Å². The predicted molar refractivity (Wildman–Crippen MR) is 85.7 cm³/mol. The van der Waals surface area contributed by atoms with Crippen LogP contribution in [0.2, 0.25) is 0 Å². The minimum absolute atomic E-state index is 0.216. The first-order chi connectivity index (χ1) is 11.0. The van der Waals surface area contributed by atoms with Gasteiger partial charge in [-0.25, -0.2) is 8.78 Å². The van der Waals surface area contributed by atoms with Crippen LogP contribution in [0.5, 0.6) is 0 Å². The number of benzene rings is 1. The molecule has 0 aliphatic rings. The maximum absolute atomic E-state index is 13.2. The number of amides is 1. The first kappa shape index (κ1) is 16.9. The Labute approximate surface area is 133 Å². The summed E-state index contributed by atoms with van der Waals surface area (Å²) in [4.78, 5) is 16.0. The van der Waals surface area contributed by atoms with Crippen molar-refractivity contribution in [3.8, 4) is 0 Å². The van der Waals surface area contributed by atoms with E-state index in [4.69, 9.17) is 0 Å². The number of rotatable bonds is 6. The van der Waals surface area contributed by atoms with Crippen LogP contribution < -0.4 is 10.6 Å². The molecule has 4 nitrogen and oxygen atoms in total. The maximum Gasteiger partial charge on any atom is 0.252 e. The van der Waals surface area contributed by atoms with Gasteiger partial charge in [-0.2, -0.15) is 0 Å². The van der Waals surface area contributed by atoms with Gasteiger partial charge in [0.1, 0.15) is 0 Å². The van der Waals surface area contributed by atoms with Gasteiger partial charge in [0, 0.05) is 24.5 Å². The van der Waals surface area contributed by atoms with E-state index in [1.165, 1.54) is 18.5 Å². The van der Waals surface area contributed by atoms with Crippen molar-refractivity contribution in [2.45, 2.75) is 20.3 Å². The second-order valence-corrected chi connectivity index (χ2v) is 5.65. The maximum atomic E-state index is 13.2. The van der Waals surface area contributed by atoms with Gasteiger partial charge < -0.3 is 10.6 Å². The molecule has 2 aromatic rings. The molecular formula is C17H19F2N3O. The third kappa shape index (κ3) is 5.02. The molecule has 0 saturated heterocycles. The smallest absolute Gasteiger partial charge is 0.252 e. The van der Waals surface area contributed by atoms with E-state index in [0.717, 1.165) is 18.6 Å². The number of nitrogens with zero attached hydrogens (tertiary/aromatic N) is 1. The standard InChI is InChI=1S/C17H19F2N3O/c1-11(2)5-6-21-17(23)12-7-14(10-20-9-12)22-13-3-4-15(18)16(19)8-13/h3-4,7-11,22H,5-6H2,1-2H3,(H,21,23).